The summed E-state index contributed by atoms with van der Waals surface area (Å²) in [6, 6.07) is -0.622. The van der Waals surface area contributed by atoms with Gasteiger partial charge in [0, 0.05) is 6.42 Å². The third-order valence-corrected chi connectivity index (χ3v) is 13.8. The Labute approximate surface area is 419 Å². The van der Waals surface area contributed by atoms with E-state index in [9.17, 15) is 15.0 Å². The van der Waals surface area contributed by atoms with Crippen LogP contribution < -0.4 is 5.32 Å². The molecule has 0 aliphatic carbocycles. The highest BCUT2D eigenvalue weighted by molar-refractivity contribution is 5.76. The van der Waals surface area contributed by atoms with Gasteiger partial charge in [-0.25, -0.2) is 0 Å². The third kappa shape index (κ3) is 54.9. The molecule has 1 amide bonds. The molecule has 0 saturated heterocycles. The molecule has 2 unspecified atom stereocenters. The zero-order valence-electron chi connectivity index (χ0n) is 45.2. The molecule has 0 saturated carbocycles. The van der Waals surface area contributed by atoms with Crippen molar-refractivity contribution in [3.8, 4) is 0 Å². The van der Waals surface area contributed by atoms with Crippen LogP contribution in [0.15, 0.2) is 60.8 Å². The average Bonchev–Trinajstić information content (AvgIpc) is 3.33. The van der Waals surface area contributed by atoms with Crippen LogP contribution in [0.5, 0.6) is 0 Å². The summed E-state index contributed by atoms with van der Waals surface area (Å²) >= 11 is 0. The summed E-state index contributed by atoms with van der Waals surface area (Å²) in [6.07, 6.45) is 82.6. The molecule has 0 fully saturated rings. The van der Waals surface area contributed by atoms with Gasteiger partial charge in [0.2, 0.25) is 5.91 Å². The highest BCUT2D eigenvalue weighted by Crippen LogP contribution is 2.18. The summed E-state index contributed by atoms with van der Waals surface area (Å²) in [5.41, 5.74) is 0. The Morgan fingerprint density at radius 1 is 0.373 bits per heavy atom. The molecule has 0 aromatic rings. The van der Waals surface area contributed by atoms with Crippen molar-refractivity contribution in [1.29, 1.82) is 0 Å². The number of rotatable bonds is 55. The van der Waals surface area contributed by atoms with Crippen LogP contribution in [0.3, 0.4) is 0 Å². The zero-order valence-corrected chi connectivity index (χ0v) is 45.2. The van der Waals surface area contributed by atoms with E-state index in [2.05, 4.69) is 67.8 Å². The summed E-state index contributed by atoms with van der Waals surface area (Å²) < 4.78 is 0. The fourth-order valence-corrected chi connectivity index (χ4v) is 9.23. The van der Waals surface area contributed by atoms with Gasteiger partial charge in [-0.2, -0.15) is 0 Å². The van der Waals surface area contributed by atoms with Crippen LogP contribution in [0.2, 0.25) is 0 Å². The topological polar surface area (TPSA) is 69.6 Å². The quantitative estimate of drug-likeness (QED) is 0.0420. The van der Waals surface area contributed by atoms with Crippen LogP contribution in [0, 0.1) is 0 Å². The Bertz CT molecular complexity index is 1110. The predicted molar refractivity (Wildman–Crippen MR) is 299 cm³/mol. The second kappa shape index (κ2) is 58.4. The fraction of sp³-hybridized carbons (Fsp3) is 0.825. The standard InChI is InChI=1S/C63H117NO3/c1-3-5-7-9-11-13-15-17-19-21-23-24-25-26-27-28-29-30-31-32-33-34-35-36-37-38-39-40-41-43-45-47-49-51-53-55-57-59-63(67)64-61(60-65)62(66)58-56-54-52-50-48-46-44-42-22-20-18-16-14-12-10-8-6-4-2/h5,7,11,13,17,19,23-24,56,58,61-62,65-66H,3-4,6,8-10,12,14-16,18,20-22,25-55,57,59-60H2,1-2H3,(H,64,67)/b7-5-,13-11-,19-17-,24-23-,58-56+. The molecule has 0 rings (SSSR count). The number of nitrogens with one attached hydrogen (secondary N) is 1. The second-order valence-corrected chi connectivity index (χ2v) is 20.4. The summed E-state index contributed by atoms with van der Waals surface area (Å²) in [7, 11) is 0. The molecule has 0 aliphatic rings. The molecular weight excluding hydrogens is 819 g/mol. The van der Waals surface area contributed by atoms with Gasteiger partial charge in [-0.1, -0.05) is 312 Å². The number of aliphatic hydroxyl groups excluding tert-OH is 2. The van der Waals surface area contributed by atoms with Crippen LogP contribution in [0.1, 0.15) is 316 Å². The van der Waals surface area contributed by atoms with Crippen molar-refractivity contribution in [1.82, 2.24) is 5.32 Å². The number of allylic oxidation sites excluding steroid dienone is 9. The van der Waals surface area contributed by atoms with Crippen molar-refractivity contribution < 1.29 is 15.0 Å². The van der Waals surface area contributed by atoms with E-state index in [1.54, 1.807) is 6.08 Å². The highest BCUT2D eigenvalue weighted by Gasteiger charge is 2.18. The van der Waals surface area contributed by atoms with Gasteiger partial charge in [-0.3, -0.25) is 4.79 Å². The van der Waals surface area contributed by atoms with Crippen LogP contribution in [0.25, 0.3) is 0 Å². The summed E-state index contributed by atoms with van der Waals surface area (Å²) in [6.45, 7) is 4.22. The van der Waals surface area contributed by atoms with Crippen LogP contribution in [-0.2, 0) is 4.79 Å². The van der Waals surface area contributed by atoms with Crippen LogP contribution in [0.4, 0.5) is 0 Å². The van der Waals surface area contributed by atoms with E-state index in [-0.39, 0.29) is 12.5 Å². The Kier molecular flexibility index (Phi) is 56.7. The molecular formula is C63H117NO3. The van der Waals surface area contributed by atoms with Gasteiger partial charge in [0.1, 0.15) is 0 Å². The number of hydrogen-bond acceptors (Lipinski definition) is 3. The molecule has 0 heterocycles. The van der Waals surface area contributed by atoms with Crippen molar-refractivity contribution in [3.05, 3.63) is 60.8 Å². The number of carbonyl (C=O) groups excluding carboxylic acids is 1. The minimum absolute atomic E-state index is 0.0588. The maximum absolute atomic E-state index is 12.5. The first-order chi connectivity index (χ1) is 33.2. The number of aliphatic hydroxyl groups is 2. The minimum atomic E-state index is -0.839. The average molecular weight is 937 g/mol. The maximum atomic E-state index is 12.5. The zero-order chi connectivity index (χ0) is 48.5. The van der Waals surface area contributed by atoms with E-state index in [0.29, 0.717) is 6.42 Å². The molecule has 0 radical (unpaired) electrons. The minimum Gasteiger partial charge on any atom is -0.394 e. The normalized spacial score (nSPS) is 13.2. The third-order valence-electron chi connectivity index (χ3n) is 13.8. The largest absolute Gasteiger partial charge is 0.394 e. The Hall–Kier alpha value is -1.91. The van der Waals surface area contributed by atoms with Gasteiger partial charge in [0.15, 0.2) is 0 Å². The Balaban J connectivity index is 3.42. The maximum Gasteiger partial charge on any atom is 0.220 e. The lowest BCUT2D eigenvalue weighted by Crippen LogP contribution is -2.45. The summed E-state index contributed by atoms with van der Waals surface area (Å²) in [4.78, 5) is 12.5. The molecule has 4 nitrogen and oxygen atoms in total. The molecule has 3 N–H and O–H groups in total. The summed E-state index contributed by atoms with van der Waals surface area (Å²) in [5, 5.41) is 23.2. The molecule has 0 aromatic heterocycles. The molecule has 0 aromatic carbocycles. The van der Waals surface area contributed by atoms with E-state index in [0.717, 1.165) is 51.4 Å². The van der Waals surface area contributed by atoms with Gasteiger partial charge in [-0.05, 0) is 57.8 Å². The number of hydrogen-bond donors (Lipinski definition) is 3. The lowest BCUT2D eigenvalue weighted by molar-refractivity contribution is -0.123. The van der Waals surface area contributed by atoms with Crippen molar-refractivity contribution >= 4 is 5.91 Å². The van der Waals surface area contributed by atoms with Gasteiger partial charge < -0.3 is 15.5 Å². The first-order valence-electron chi connectivity index (χ1n) is 30.0. The lowest BCUT2D eigenvalue weighted by Gasteiger charge is -2.20. The van der Waals surface area contributed by atoms with Gasteiger partial charge in [0.05, 0.1) is 18.8 Å². The molecule has 0 bridgehead atoms. The first kappa shape index (κ1) is 65.1. The van der Waals surface area contributed by atoms with Crippen LogP contribution in [-0.4, -0.2) is 34.9 Å². The molecule has 67 heavy (non-hydrogen) atoms. The monoisotopic (exact) mass is 936 g/mol. The van der Waals surface area contributed by atoms with E-state index in [1.807, 2.05) is 6.08 Å². The second-order valence-electron chi connectivity index (χ2n) is 20.4. The first-order valence-corrected chi connectivity index (χ1v) is 30.0. The van der Waals surface area contributed by atoms with Crippen molar-refractivity contribution in [2.45, 2.75) is 328 Å². The summed E-state index contributed by atoms with van der Waals surface area (Å²) in [5.74, 6) is -0.0588. The molecule has 0 aliphatic heterocycles. The van der Waals surface area contributed by atoms with E-state index >= 15 is 0 Å². The fourth-order valence-electron chi connectivity index (χ4n) is 9.23. The predicted octanol–water partition coefficient (Wildman–Crippen LogP) is 20.0. The lowest BCUT2D eigenvalue weighted by atomic mass is 10.0. The van der Waals surface area contributed by atoms with E-state index < -0.39 is 12.1 Å². The Morgan fingerprint density at radius 3 is 0.985 bits per heavy atom. The van der Waals surface area contributed by atoms with Crippen molar-refractivity contribution in [2.24, 2.45) is 0 Å². The van der Waals surface area contributed by atoms with Gasteiger partial charge >= 0.3 is 0 Å². The Morgan fingerprint density at radius 2 is 0.657 bits per heavy atom. The smallest absolute Gasteiger partial charge is 0.220 e. The van der Waals surface area contributed by atoms with Crippen molar-refractivity contribution in [3.63, 3.8) is 0 Å². The van der Waals surface area contributed by atoms with Gasteiger partial charge in [0.25, 0.3) is 0 Å². The van der Waals surface area contributed by atoms with E-state index in [1.165, 1.54) is 244 Å². The van der Waals surface area contributed by atoms with Gasteiger partial charge in [-0.15, -0.1) is 0 Å². The van der Waals surface area contributed by atoms with Crippen LogP contribution >= 0.6 is 0 Å². The number of unbranched alkanes of at least 4 members (excludes halogenated alkanes) is 40. The van der Waals surface area contributed by atoms with E-state index in [4.69, 9.17) is 0 Å². The molecule has 2 atom stereocenters. The van der Waals surface area contributed by atoms with Crippen molar-refractivity contribution in [2.75, 3.05) is 6.61 Å². The molecule has 0 spiro atoms. The number of carbonyl (C=O) groups is 1. The highest BCUT2D eigenvalue weighted by atomic mass is 16.3. The SMILES string of the molecule is CC/C=C\C/C=C\C/C=C\C/C=C\CCCCCCCCCCCCCCCCCCCCCCCCCCC(=O)NC(CO)C(O)/C=C/CCCCCCCCCCCCCCCCCC. The molecule has 392 valence electrons. The number of amides is 1. The molecule has 4 heteroatoms.